The number of hydrogen-bond donors (Lipinski definition) is 2. The van der Waals surface area contributed by atoms with Crippen molar-refractivity contribution in [1.29, 1.82) is 0 Å². The van der Waals surface area contributed by atoms with Gasteiger partial charge in [0.15, 0.2) is 0 Å². The van der Waals surface area contributed by atoms with E-state index in [-0.39, 0.29) is 11.7 Å². The summed E-state index contributed by atoms with van der Waals surface area (Å²) in [4.78, 5) is 14.9. The Kier molecular flexibility index (Phi) is 3.64. The fourth-order valence-corrected chi connectivity index (χ4v) is 2.17. The lowest BCUT2D eigenvalue weighted by atomic mass is 10.1. The molecule has 2 aromatic rings. The molecule has 17 heavy (non-hydrogen) atoms. The number of thiol groups is 1. The molecule has 0 fully saturated rings. The average molecular weight is 247 g/mol. The van der Waals surface area contributed by atoms with Crippen LogP contribution in [0, 0.1) is 0 Å². The Labute approximate surface area is 105 Å². The zero-order valence-electron chi connectivity index (χ0n) is 9.21. The average Bonchev–Trinajstić information content (AvgIpc) is 2.28. The smallest absolute Gasteiger partial charge is 0.304 e. The van der Waals surface area contributed by atoms with E-state index in [1.165, 1.54) is 0 Å². The quantitative estimate of drug-likeness (QED) is 0.816. The Bertz CT molecular complexity index is 536. The first-order chi connectivity index (χ1) is 8.16. The van der Waals surface area contributed by atoms with Gasteiger partial charge in [0, 0.05) is 28.9 Å². The fraction of sp³-hybridized carbons (Fsp3) is 0.231. The molecule has 0 aliphatic heterocycles. The van der Waals surface area contributed by atoms with Crippen molar-refractivity contribution in [3.05, 3.63) is 42.2 Å². The molecule has 0 amide bonds. The number of fused-ring (bicyclic) bond motifs is 1. The lowest BCUT2D eigenvalue weighted by Gasteiger charge is -2.09. The van der Waals surface area contributed by atoms with Crippen molar-refractivity contribution in [2.24, 2.45) is 0 Å². The molecule has 0 aliphatic carbocycles. The molecular weight excluding hydrogens is 234 g/mol. The van der Waals surface area contributed by atoms with E-state index in [0.717, 1.165) is 16.5 Å². The number of carboxylic acid groups (broad SMARTS) is 1. The Morgan fingerprint density at radius 2 is 2.12 bits per heavy atom. The van der Waals surface area contributed by atoms with Gasteiger partial charge in [-0.3, -0.25) is 9.78 Å². The number of rotatable bonds is 4. The molecule has 2 rings (SSSR count). The number of benzene rings is 1. The summed E-state index contributed by atoms with van der Waals surface area (Å²) in [6, 6.07) is 9.90. The summed E-state index contributed by atoms with van der Waals surface area (Å²) in [6.07, 6.45) is 2.36. The van der Waals surface area contributed by atoms with E-state index >= 15 is 0 Å². The van der Waals surface area contributed by atoms with Gasteiger partial charge >= 0.3 is 5.97 Å². The molecule has 4 heteroatoms. The highest BCUT2D eigenvalue weighted by Crippen LogP contribution is 2.19. The molecule has 0 bridgehead atoms. The maximum atomic E-state index is 10.6. The van der Waals surface area contributed by atoms with Gasteiger partial charge in [-0.15, -0.1) is 0 Å². The zero-order chi connectivity index (χ0) is 12.3. The maximum Gasteiger partial charge on any atom is 0.304 e. The molecule has 1 aromatic carbocycles. The number of nitrogens with zero attached hydrogens (tertiary/aromatic N) is 1. The van der Waals surface area contributed by atoms with Crippen molar-refractivity contribution in [1.82, 2.24) is 4.98 Å². The number of pyridine rings is 1. The van der Waals surface area contributed by atoms with Crippen LogP contribution in [0.5, 0.6) is 0 Å². The van der Waals surface area contributed by atoms with E-state index < -0.39 is 5.97 Å². The third-order valence-corrected chi connectivity index (χ3v) is 2.96. The second-order valence-electron chi connectivity index (χ2n) is 3.93. The first-order valence-corrected chi connectivity index (χ1v) is 5.91. The van der Waals surface area contributed by atoms with E-state index in [4.69, 9.17) is 5.11 Å². The minimum absolute atomic E-state index is 0.0496. The van der Waals surface area contributed by atoms with Gasteiger partial charge in [-0.2, -0.15) is 12.6 Å². The molecule has 1 N–H and O–H groups in total. The van der Waals surface area contributed by atoms with Crippen molar-refractivity contribution in [3.63, 3.8) is 0 Å². The molecule has 0 spiro atoms. The molecule has 1 unspecified atom stereocenters. The first-order valence-electron chi connectivity index (χ1n) is 5.39. The molecule has 1 atom stereocenters. The van der Waals surface area contributed by atoms with E-state index in [1.807, 2.05) is 30.3 Å². The van der Waals surface area contributed by atoms with Crippen LogP contribution in [0.2, 0.25) is 0 Å². The Balaban J connectivity index is 2.26. The van der Waals surface area contributed by atoms with Crippen molar-refractivity contribution < 1.29 is 9.90 Å². The van der Waals surface area contributed by atoms with E-state index in [2.05, 4.69) is 17.6 Å². The molecule has 0 saturated heterocycles. The van der Waals surface area contributed by atoms with Crippen LogP contribution in [0.25, 0.3) is 10.8 Å². The molecule has 1 aromatic heterocycles. The normalized spacial score (nSPS) is 12.5. The van der Waals surface area contributed by atoms with Gasteiger partial charge in [-0.25, -0.2) is 0 Å². The molecule has 0 saturated carbocycles. The lowest BCUT2D eigenvalue weighted by Crippen LogP contribution is -2.11. The number of hydrogen-bond acceptors (Lipinski definition) is 3. The largest absolute Gasteiger partial charge is 0.481 e. The van der Waals surface area contributed by atoms with Gasteiger partial charge in [0.05, 0.1) is 6.42 Å². The number of carboxylic acids is 1. The Morgan fingerprint density at radius 3 is 2.88 bits per heavy atom. The molecule has 0 aliphatic rings. The van der Waals surface area contributed by atoms with Crippen LogP contribution >= 0.6 is 12.6 Å². The van der Waals surface area contributed by atoms with Crippen LogP contribution < -0.4 is 0 Å². The third-order valence-electron chi connectivity index (χ3n) is 2.60. The van der Waals surface area contributed by atoms with Crippen LogP contribution in [0.1, 0.15) is 12.1 Å². The van der Waals surface area contributed by atoms with Crippen LogP contribution in [0.4, 0.5) is 0 Å². The van der Waals surface area contributed by atoms with Crippen LogP contribution in [0.15, 0.2) is 36.5 Å². The molecule has 1 heterocycles. The predicted octanol–water partition coefficient (Wildman–Crippen LogP) is 2.55. The van der Waals surface area contributed by atoms with Crippen LogP contribution in [-0.4, -0.2) is 21.3 Å². The van der Waals surface area contributed by atoms with Crippen molar-refractivity contribution in [2.75, 3.05) is 0 Å². The van der Waals surface area contributed by atoms with Crippen LogP contribution in [-0.2, 0) is 11.2 Å². The zero-order valence-corrected chi connectivity index (χ0v) is 10.1. The second-order valence-corrected chi connectivity index (χ2v) is 4.66. The van der Waals surface area contributed by atoms with Gasteiger partial charge in [0.25, 0.3) is 0 Å². The van der Waals surface area contributed by atoms with Gasteiger partial charge < -0.3 is 5.11 Å². The summed E-state index contributed by atoms with van der Waals surface area (Å²) in [5.41, 5.74) is 0.907. The summed E-state index contributed by atoms with van der Waals surface area (Å²) < 4.78 is 0. The van der Waals surface area contributed by atoms with Crippen molar-refractivity contribution >= 4 is 29.4 Å². The number of aliphatic carboxylic acids is 1. The van der Waals surface area contributed by atoms with Gasteiger partial charge in [-0.05, 0) is 11.5 Å². The predicted molar refractivity (Wildman–Crippen MR) is 70.5 cm³/mol. The summed E-state index contributed by atoms with van der Waals surface area (Å²) in [5, 5.41) is 10.7. The molecule has 3 nitrogen and oxygen atoms in total. The molecule has 0 radical (unpaired) electrons. The lowest BCUT2D eigenvalue weighted by molar-refractivity contribution is -0.136. The number of aromatic nitrogens is 1. The SMILES string of the molecule is O=C(O)CC(S)Cc1nccc2ccccc12. The first kappa shape index (κ1) is 11.9. The molecule has 88 valence electrons. The topological polar surface area (TPSA) is 50.2 Å². The summed E-state index contributed by atoms with van der Waals surface area (Å²) in [5.74, 6) is -0.828. The highest BCUT2D eigenvalue weighted by Gasteiger charge is 2.11. The minimum atomic E-state index is -0.828. The maximum absolute atomic E-state index is 10.6. The van der Waals surface area contributed by atoms with E-state index in [0.29, 0.717) is 6.42 Å². The highest BCUT2D eigenvalue weighted by molar-refractivity contribution is 7.81. The monoisotopic (exact) mass is 247 g/mol. The standard InChI is InChI=1S/C13H13NO2S/c15-13(16)8-10(17)7-12-11-4-2-1-3-9(11)5-6-14-12/h1-6,10,17H,7-8H2,(H,15,16). The Morgan fingerprint density at radius 1 is 1.35 bits per heavy atom. The summed E-state index contributed by atoms with van der Waals surface area (Å²) in [6.45, 7) is 0. The minimum Gasteiger partial charge on any atom is -0.481 e. The van der Waals surface area contributed by atoms with Gasteiger partial charge in [-0.1, -0.05) is 24.3 Å². The summed E-state index contributed by atoms with van der Waals surface area (Å²) >= 11 is 4.29. The second kappa shape index (κ2) is 5.19. The molecular formula is C13H13NO2S. The third kappa shape index (κ3) is 2.97. The number of carbonyl (C=O) groups is 1. The fourth-order valence-electron chi connectivity index (χ4n) is 1.84. The highest BCUT2D eigenvalue weighted by atomic mass is 32.1. The summed E-state index contributed by atoms with van der Waals surface area (Å²) in [7, 11) is 0. The van der Waals surface area contributed by atoms with E-state index in [9.17, 15) is 4.79 Å². The van der Waals surface area contributed by atoms with Crippen LogP contribution in [0.3, 0.4) is 0 Å². The van der Waals surface area contributed by atoms with Gasteiger partial charge in [0.2, 0.25) is 0 Å². The van der Waals surface area contributed by atoms with Crippen molar-refractivity contribution in [3.8, 4) is 0 Å². The van der Waals surface area contributed by atoms with E-state index in [1.54, 1.807) is 6.20 Å². The van der Waals surface area contributed by atoms with Gasteiger partial charge in [0.1, 0.15) is 0 Å². The Hall–Kier alpha value is -1.55. The van der Waals surface area contributed by atoms with Crippen molar-refractivity contribution in [2.45, 2.75) is 18.1 Å².